The van der Waals surface area contributed by atoms with Crippen LogP contribution in [0.1, 0.15) is 19.4 Å². The number of carbonyl (C=O) groups excluding carboxylic acids is 2. The molecule has 0 aromatic heterocycles. The summed E-state index contributed by atoms with van der Waals surface area (Å²) in [5.74, 6) is -0.903. The molecule has 0 radical (unpaired) electrons. The number of carbonyl (C=O) groups is 2. The van der Waals surface area contributed by atoms with E-state index >= 15 is 0 Å². The topological polar surface area (TPSA) is 73.9 Å². The standard InChI is InChI=1S/C16H23NO5/c1-4-21-16(22-5-2)14(15(19)20-3)17-13(18)11-12-9-7-6-8-10-12/h6-10,14,16H,4-5,11H2,1-3H3,(H,17,18)/t14-/m1/s1. The zero-order valence-electron chi connectivity index (χ0n) is 13.2. The smallest absolute Gasteiger partial charge is 0.333 e. The molecule has 1 aromatic carbocycles. The van der Waals surface area contributed by atoms with E-state index in [1.54, 1.807) is 13.8 Å². The van der Waals surface area contributed by atoms with Gasteiger partial charge >= 0.3 is 5.97 Å². The first kappa shape index (κ1) is 18.1. The number of ether oxygens (including phenoxy) is 3. The zero-order chi connectivity index (χ0) is 16.4. The second-order valence-corrected chi connectivity index (χ2v) is 4.51. The second kappa shape index (κ2) is 9.92. The Bertz CT molecular complexity index is 457. The lowest BCUT2D eigenvalue weighted by molar-refractivity contribution is -0.179. The number of nitrogens with one attached hydrogen (secondary N) is 1. The first-order valence-corrected chi connectivity index (χ1v) is 7.26. The first-order valence-electron chi connectivity index (χ1n) is 7.26. The molecule has 0 bridgehead atoms. The molecule has 0 saturated heterocycles. The van der Waals surface area contributed by atoms with Crippen LogP contribution in [-0.2, 0) is 30.2 Å². The molecular weight excluding hydrogens is 286 g/mol. The van der Waals surface area contributed by atoms with Gasteiger partial charge in [-0.25, -0.2) is 4.79 Å². The van der Waals surface area contributed by atoms with Crippen LogP contribution < -0.4 is 5.32 Å². The lowest BCUT2D eigenvalue weighted by Crippen LogP contribution is -2.51. The highest BCUT2D eigenvalue weighted by Crippen LogP contribution is 2.06. The Labute approximate surface area is 130 Å². The normalized spacial score (nSPS) is 12.0. The van der Waals surface area contributed by atoms with Crippen LogP contribution in [0.3, 0.4) is 0 Å². The second-order valence-electron chi connectivity index (χ2n) is 4.51. The van der Waals surface area contributed by atoms with Gasteiger partial charge < -0.3 is 19.5 Å². The van der Waals surface area contributed by atoms with Crippen molar-refractivity contribution in [1.29, 1.82) is 0 Å². The van der Waals surface area contributed by atoms with Gasteiger partial charge in [0.05, 0.1) is 13.5 Å². The van der Waals surface area contributed by atoms with E-state index in [0.29, 0.717) is 13.2 Å². The molecule has 0 saturated carbocycles. The van der Waals surface area contributed by atoms with Crippen LogP contribution in [0.4, 0.5) is 0 Å². The lowest BCUT2D eigenvalue weighted by atomic mass is 10.1. The quantitative estimate of drug-likeness (QED) is 0.549. The highest BCUT2D eigenvalue weighted by atomic mass is 16.7. The molecule has 1 atom stereocenters. The molecule has 0 unspecified atom stereocenters. The fourth-order valence-electron chi connectivity index (χ4n) is 1.94. The van der Waals surface area contributed by atoms with Crippen molar-refractivity contribution in [2.45, 2.75) is 32.6 Å². The summed E-state index contributed by atoms with van der Waals surface area (Å²) in [6, 6.07) is 8.26. The van der Waals surface area contributed by atoms with Gasteiger partial charge in [0, 0.05) is 13.2 Å². The number of hydrogen-bond donors (Lipinski definition) is 1. The summed E-state index contributed by atoms with van der Waals surface area (Å²) in [5.41, 5.74) is 0.855. The Morgan fingerprint density at radius 1 is 1.09 bits per heavy atom. The van der Waals surface area contributed by atoms with Gasteiger partial charge in [0.15, 0.2) is 12.3 Å². The highest BCUT2D eigenvalue weighted by Gasteiger charge is 2.32. The number of hydrogen-bond acceptors (Lipinski definition) is 5. The predicted octanol–water partition coefficient (Wildman–Crippen LogP) is 1.29. The maximum Gasteiger partial charge on any atom is 0.333 e. The molecule has 22 heavy (non-hydrogen) atoms. The Morgan fingerprint density at radius 2 is 1.68 bits per heavy atom. The van der Waals surface area contributed by atoms with Crippen LogP contribution in [0, 0.1) is 0 Å². The molecule has 1 rings (SSSR count). The average molecular weight is 309 g/mol. The number of rotatable bonds is 9. The van der Waals surface area contributed by atoms with E-state index in [-0.39, 0.29) is 12.3 Å². The van der Waals surface area contributed by atoms with Gasteiger partial charge in [-0.05, 0) is 19.4 Å². The van der Waals surface area contributed by atoms with Crippen LogP contribution in [0.2, 0.25) is 0 Å². The van der Waals surface area contributed by atoms with E-state index < -0.39 is 18.3 Å². The molecule has 0 aliphatic rings. The summed E-state index contributed by atoms with van der Waals surface area (Å²) in [7, 11) is 1.26. The molecular formula is C16H23NO5. The van der Waals surface area contributed by atoms with Crippen molar-refractivity contribution in [3.63, 3.8) is 0 Å². The van der Waals surface area contributed by atoms with Crippen molar-refractivity contribution in [1.82, 2.24) is 5.32 Å². The lowest BCUT2D eigenvalue weighted by Gasteiger charge is -2.25. The molecule has 6 heteroatoms. The maximum absolute atomic E-state index is 12.1. The predicted molar refractivity (Wildman–Crippen MR) is 81.1 cm³/mol. The van der Waals surface area contributed by atoms with Gasteiger partial charge in [0.25, 0.3) is 0 Å². The van der Waals surface area contributed by atoms with Crippen molar-refractivity contribution in [3.05, 3.63) is 35.9 Å². The Balaban J connectivity index is 2.74. The molecule has 122 valence electrons. The molecule has 6 nitrogen and oxygen atoms in total. The van der Waals surface area contributed by atoms with Crippen molar-refractivity contribution >= 4 is 11.9 Å². The van der Waals surface area contributed by atoms with Crippen LogP contribution in [-0.4, -0.2) is 44.5 Å². The van der Waals surface area contributed by atoms with Gasteiger partial charge in [0.2, 0.25) is 5.91 Å². The molecule has 1 amide bonds. The molecule has 0 aliphatic carbocycles. The van der Waals surface area contributed by atoms with Gasteiger partial charge in [-0.3, -0.25) is 4.79 Å². The monoisotopic (exact) mass is 309 g/mol. The summed E-state index contributed by atoms with van der Waals surface area (Å²) >= 11 is 0. The molecule has 0 fully saturated rings. The van der Waals surface area contributed by atoms with Crippen LogP contribution in [0.15, 0.2) is 30.3 Å². The summed E-state index contributed by atoms with van der Waals surface area (Å²) in [5, 5.41) is 2.62. The van der Waals surface area contributed by atoms with Crippen molar-refractivity contribution in [2.24, 2.45) is 0 Å². The van der Waals surface area contributed by atoms with Crippen molar-refractivity contribution in [2.75, 3.05) is 20.3 Å². The summed E-state index contributed by atoms with van der Waals surface area (Å²) in [6.07, 6.45) is -0.707. The highest BCUT2D eigenvalue weighted by molar-refractivity contribution is 5.85. The summed E-state index contributed by atoms with van der Waals surface area (Å²) < 4.78 is 15.5. The number of amides is 1. The largest absolute Gasteiger partial charge is 0.467 e. The number of methoxy groups -OCH3 is 1. The van der Waals surface area contributed by atoms with E-state index in [1.807, 2.05) is 30.3 Å². The van der Waals surface area contributed by atoms with Gasteiger partial charge in [0.1, 0.15) is 0 Å². The average Bonchev–Trinajstić information content (AvgIpc) is 2.52. The van der Waals surface area contributed by atoms with E-state index in [1.165, 1.54) is 7.11 Å². The summed E-state index contributed by atoms with van der Waals surface area (Å²) in [4.78, 5) is 24.0. The fourth-order valence-corrected chi connectivity index (χ4v) is 1.94. The van der Waals surface area contributed by atoms with E-state index in [4.69, 9.17) is 14.2 Å². The third kappa shape index (κ3) is 5.83. The van der Waals surface area contributed by atoms with Gasteiger partial charge in [-0.1, -0.05) is 30.3 Å². The summed E-state index contributed by atoms with van der Waals surface area (Å²) in [6.45, 7) is 4.28. The minimum absolute atomic E-state index is 0.166. The number of esters is 1. The minimum atomic E-state index is -0.999. The molecule has 0 spiro atoms. The Hall–Kier alpha value is -1.92. The number of benzene rings is 1. The third-order valence-electron chi connectivity index (χ3n) is 2.91. The molecule has 1 N–H and O–H groups in total. The first-order chi connectivity index (χ1) is 10.6. The third-order valence-corrected chi connectivity index (χ3v) is 2.91. The van der Waals surface area contributed by atoms with E-state index in [2.05, 4.69) is 5.32 Å². The van der Waals surface area contributed by atoms with Crippen molar-refractivity contribution < 1.29 is 23.8 Å². The van der Waals surface area contributed by atoms with Crippen molar-refractivity contribution in [3.8, 4) is 0 Å². The molecule has 1 aromatic rings. The SMILES string of the molecule is CCOC(OCC)[C@H](NC(=O)Cc1ccccc1)C(=O)OC. The maximum atomic E-state index is 12.1. The van der Waals surface area contributed by atoms with Crippen LogP contribution in [0.25, 0.3) is 0 Å². The van der Waals surface area contributed by atoms with Crippen LogP contribution >= 0.6 is 0 Å². The zero-order valence-corrected chi connectivity index (χ0v) is 13.2. The Kier molecular flexibility index (Phi) is 8.17. The molecule has 0 heterocycles. The van der Waals surface area contributed by atoms with Crippen LogP contribution in [0.5, 0.6) is 0 Å². The Morgan fingerprint density at radius 3 is 2.18 bits per heavy atom. The fraction of sp³-hybridized carbons (Fsp3) is 0.500. The van der Waals surface area contributed by atoms with E-state index in [0.717, 1.165) is 5.56 Å². The molecule has 0 aliphatic heterocycles. The van der Waals surface area contributed by atoms with E-state index in [9.17, 15) is 9.59 Å². The van der Waals surface area contributed by atoms with Gasteiger partial charge in [-0.15, -0.1) is 0 Å². The minimum Gasteiger partial charge on any atom is -0.467 e. The van der Waals surface area contributed by atoms with Gasteiger partial charge in [-0.2, -0.15) is 0 Å².